The first kappa shape index (κ1) is 23.4. The highest BCUT2D eigenvalue weighted by molar-refractivity contribution is 5.93. The van der Waals surface area contributed by atoms with Crippen molar-refractivity contribution in [3.63, 3.8) is 0 Å². The zero-order valence-electron chi connectivity index (χ0n) is 19.0. The average molecular weight is 464 g/mol. The first-order chi connectivity index (χ1) is 15.4. The molecule has 10 nitrogen and oxygen atoms in total. The first-order valence-electron chi connectivity index (χ1n) is 11.0. The number of aliphatic hydroxyl groups excluding tert-OH is 1. The van der Waals surface area contributed by atoms with E-state index in [2.05, 4.69) is 0 Å². The molecular weight excluding hydrogens is 436 g/mol. The Bertz CT molecular complexity index is 953. The lowest BCUT2D eigenvalue weighted by Crippen LogP contribution is -2.65. The standard InChI is InChI=1S/C23H28O10/c1-10(24)31-14-8-13(20(28)30-4)22(2)6-5-12-21(29)32-15(11-7-16(25)33-19(11)27)9-23(12,3)18(22)17(14)26/h7,12-15,18-19,27H,5-6,8-9H2,1-4H3/t12-,13-,14-,15-,18-,19+,22-,23-/m0/s1. The number of hydrogen-bond acceptors (Lipinski definition) is 10. The summed E-state index contributed by atoms with van der Waals surface area (Å²) < 4.78 is 20.7. The minimum absolute atomic E-state index is 0.0128. The van der Waals surface area contributed by atoms with Crippen molar-refractivity contribution in [3.8, 4) is 0 Å². The summed E-state index contributed by atoms with van der Waals surface area (Å²) >= 11 is 0. The molecule has 0 spiro atoms. The Balaban J connectivity index is 1.78. The molecule has 2 saturated carbocycles. The summed E-state index contributed by atoms with van der Waals surface area (Å²) in [4.78, 5) is 62.9. The zero-order chi connectivity index (χ0) is 24.3. The van der Waals surface area contributed by atoms with E-state index < -0.39 is 71.0 Å². The second-order valence-corrected chi connectivity index (χ2v) is 9.91. The number of esters is 4. The van der Waals surface area contributed by atoms with Crippen molar-refractivity contribution in [1.82, 2.24) is 0 Å². The Kier molecular flexibility index (Phi) is 5.63. The Hall–Kier alpha value is -2.75. The first-order valence-corrected chi connectivity index (χ1v) is 11.0. The topological polar surface area (TPSA) is 143 Å². The molecule has 10 heteroatoms. The third-order valence-corrected chi connectivity index (χ3v) is 8.07. The number of methoxy groups -OCH3 is 1. The van der Waals surface area contributed by atoms with E-state index in [9.17, 15) is 29.1 Å². The van der Waals surface area contributed by atoms with Crippen molar-refractivity contribution in [3.05, 3.63) is 11.6 Å². The summed E-state index contributed by atoms with van der Waals surface area (Å²) in [6.07, 6.45) is -1.61. The highest BCUT2D eigenvalue weighted by atomic mass is 16.6. The lowest BCUT2D eigenvalue weighted by Gasteiger charge is -2.61. The molecule has 2 aliphatic carbocycles. The second-order valence-electron chi connectivity index (χ2n) is 9.91. The quantitative estimate of drug-likeness (QED) is 0.471. The lowest BCUT2D eigenvalue weighted by atomic mass is 9.43. The SMILES string of the molecule is COC(=O)[C@@H]1C[C@H](OC(C)=O)C(=O)[C@H]2[C@@]1(C)CC[C@H]1C(=O)O[C@H](C3=CC(=O)O[C@H]3O)C[C@]21C. The number of ether oxygens (including phenoxy) is 4. The predicted molar refractivity (Wildman–Crippen MR) is 108 cm³/mol. The molecule has 0 aromatic heterocycles. The van der Waals surface area contributed by atoms with E-state index in [1.807, 2.05) is 6.92 Å². The molecule has 0 unspecified atom stereocenters. The number of carbonyl (C=O) groups is 5. The van der Waals surface area contributed by atoms with E-state index >= 15 is 0 Å². The molecule has 2 heterocycles. The van der Waals surface area contributed by atoms with E-state index in [1.54, 1.807) is 6.92 Å². The molecule has 33 heavy (non-hydrogen) atoms. The van der Waals surface area contributed by atoms with Crippen molar-refractivity contribution >= 4 is 29.7 Å². The summed E-state index contributed by atoms with van der Waals surface area (Å²) in [7, 11) is 1.27. The number of fused-ring (bicyclic) bond motifs is 3. The van der Waals surface area contributed by atoms with Crippen molar-refractivity contribution < 1.29 is 48.0 Å². The molecule has 1 saturated heterocycles. The largest absolute Gasteiger partial charge is 0.469 e. The molecule has 0 bridgehead atoms. The zero-order valence-corrected chi connectivity index (χ0v) is 19.0. The molecule has 8 atom stereocenters. The van der Waals surface area contributed by atoms with Crippen LogP contribution in [0, 0.1) is 28.6 Å². The normalized spacial score (nSPS) is 42.3. The van der Waals surface area contributed by atoms with E-state index in [0.717, 1.165) is 6.08 Å². The number of hydrogen-bond donors (Lipinski definition) is 1. The van der Waals surface area contributed by atoms with Gasteiger partial charge in [0.15, 0.2) is 11.9 Å². The Morgan fingerprint density at radius 1 is 1.15 bits per heavy atom. The van der Waals surface area contributed by atoms with E-state index in [0.29, 0.717) is 12.8 Å². The van der Waals surface area contributed by atoms with Gasteiger partial charge in [-0.1, -0.05) is 13.8 Å². The highest BCUT2D eigenvalue weighted by Gasteiger charge is 2.68. The van der Waals surface area contributed by atoms with Gasteiger partial charge in [0.05, 0.1) is 18.9 Å². The van der Waals surface area contributed by atoms with Crippen molar-refractivity contribution in [1.29, 1.82) is 0 Å². The van der Waals surface area contributed by atoms with Crippen LogP contribution in [0.1, 0.15) is 46.5 Å². The third-order valence-electron chi connectivity index (χ3n) is 8.07. The van der Waals surface area contributed by atoms with Crippen LogP contribution in [0.4, 0.5) is 0 Å². The molecule has 1 N–H and O–H groups in total. The number of cyclic esters (lactones) is 2. The Morgan fingerprint density at radius 2 is 1.85 bits per heavy atom. The van der Waals surface area contributed by atoms with Gasteiger partial charge >= 0.3 is 23.9 Å². The van der Waals surface area contributed by atoms with E-state index in [-0.39, 0.29) is 24.2 Å². The number of aliphatic hydroxyl groups is 1. The van der Waals surface area contributed by atoms with Crippen molar-refractivity contribution in [2.24, 2.45) is 28.6 Å². The second kappa shape index (κ2) is 7.93. The molecule has 0 amide bonds. The van der Waals surface area contributed by atoms with Gasteiger partial charge in [0, 0.05) is 30.9 Å². The molecule has 0 aromatic carbocycles. The van der Waals surface area contributed by atoms with Crippen LogP contribution in [-0.2, 0) is 42.9 Å². The summed E-state index contributed by atoms with van der Waals surface area (Å²) in [6, 6.07) is 0. The van der Waals surface area contributed by atoms with Gasteiger partial charge in [0.25, 0.3) is 0 Å². The van der Waals surface area contributed by atoms with Gasteiger partial charge in [0.1, 0.15) is 6.10 Å². The summed E-state index contributed by atoms with van der Waals surface area (Å²) in [6.45, 7) is 4.83. The van der Waals surface area contributed by atoms with Crippen LogP contribution >= 0.6 is 0 Å². The van der Waals surface area contributed by atoms with Crippen LogP contribution < -0.4 is 0 Å². The Labute approximate surface area is 190 Å². The van der Waals surface area contributed by atoms with Crippen LogP contribution in [0.15, 0.2) is 11.6 Å². The number of Topliss-reactive ketones (excluding diaryl/α,β-unsaturated/α-hetero) is 1. The summed E-state index contributed by atoms with van der Waals surface area (Å²) in [5.41, 5.74) is -1.71. The van der Waals surface area contributed by atoms with Crippen LogP contribution in [0.5, 0.6) is 0 Å². The van der Waals surface area contributed by atoms with Gasteiger partial charge < -0.3 is 24.1 Å². The number of rotatable bonds is 3. The summed E-state index contributed by atoms with van der Waals surface area (Å²) in [5, 5.41) is 10.1. The number of carbonyl (C=O) groups excluding carboxylic acids is 5. The van der Waals surface area contributed by atoms with Crippen molar-refractivity contribution in [2.75, 3.05) is 7.11 Å². The molecule has 4 rings (SSSR count). The van der Waals surface area contributed by atoms with Crippen LogP contribution in [-0.4, -0.2) is 60.4 Å². The molecule has 4 aliphatic rings. The molecule has 180 valence electrons. The van der Waals surface area contributed by atoms with Gasteiger partial charge in [0.2, 0.25) is 6.29 Å². The minimum atomic E-state index is -1.54. The molecule has 0 radical (unpaired) electrons. The molecule has 2 aliphatic heterocycles. The fourth-order valence-corrected chi connectivity index (χ4v) is 6.68. The average Bonchev–Trinajstić information content (AvgIpc) is 3.06. The van der Waals surface area contributed by atoms with Crippen molar-refractivity contribution in [2.45, 2.75) is 65.0 Å². The van der Waals surface area contributed by atoms with Gasteiger partial charge in [-0.25, -0.2) is 4.79 Å². The molecular formula is C23H28O10. The maximum atomic E-state index is 13.7. The van der Waals surface area contributed by atoms with Gasteiger partial charge in [-0.2, -0.15) is 0 Å². The van der Waals surface area contributed by atoms with Gasteiger partial charge in [-0.3, -0.25) is 19.2 Å². The fourth-order valence-electron chi connectivity index (χ4n) is 6.68. The fraction of sp³-hybridized carbons (Fsp3) is 0.696. The smallest absolute Gasteiger partial charge is 0.333 e. The number of ketones is 1. The lowest BCUT2D eigenvalue weighted by molar-refractivity contribution is -0.208. The maximum absolute atomic E-state index is 13.7. The molecule has 0 aromatic rings. The summed E-state index contributed by atoms with van der Waals surface area (Å²) in [5.74, 6) is -4.96. The minimum Gasteiger partial charge on any atom is -0.469 e. The maximum Gasteiger partial charge on any atom is 0.333 e. The highest BCUT2D eigenvalue weighted by Crippen LogP contribution is 2.64. The van der Waals surface area contributed by atoms with E-state index in [4.69, 9.17) is 18.9 Å². The monoisotopic (exact) mass is 464 g/mol. The van der Waals surface area contributed by atoms with Gasteiger partial charge in [-0.05, 0) is 30.1 Å². The van der Waals surface area contributed by atoms with Crippen LogP contribution in [0.2, 0.25) is 0 Å². The van der Waals surface area contributed by atoms with Crippen LogP contribution in [0.3, 0.4) is 0 Å². The Morgan fingerprint density at radius 3 is 2.42 bits per heavy atom. The predicted octanol–water partition coefficient (Wildman–Crippen LogP) is 0.836. The third kappa shape index (κ3) is 3.55. The van der Waals surface area contributed by atoms with Crippen LogP contribution in [0.25, 0.3) is 0 Å². The van der Waals surface area contributed by atoms with E-state index in [1.165, 1.54) is 14.0 Å². The molecule has 3 fully saturated rings. The van der Waals surface area contributed by atoms with Gasteiger partial charge in [-0.15, -0.1) is 0 Å².